The number of hydroxylamine groups is 1. The number of benzene rings is 2. The molecule has 2 N–H and O–H groups in total. The summed E-state index contributed by atoms with van der Waals surface area (Å²) in [6, 6.07) is 14.7. The Labute approximate surface area is 177 Å². The molecule has 0 fully saturated rings. The summed E-state index contributed by atoms with van der Waals surface area (Å²) >= 11 is 0. The first kappa shape index (κ1) is 21.7. The minimum Gasteiger partial charge on any atom is -0.326 e. The zero-order valence-corrected chi connectivity index (χ0v) is 18.0. The maximum atomic E-state index is 11.2. The van der Waals surface area contributed by atoms with E-state index in [1.165, 1.54) is 11.1 Å². The Morgan fingerprint density at radius 2 is 1.87 bits per heavy atom. The van der Waals surface area contributed by atoms with Gasteiger partial charge < -0.3 is 4.90 Å². The molecular weight excluding hydrogens is 376 g/mol. The van der Waals surface area contributed by atoms with Crippen LogP contribution < -0.4 is 10.4 Å². The molecule has 3 rings (SSSR count). The molecule has 6 nitrogen and oxygen atoms in total. The third-order valence-corrected chi connectivity index (χ3v) is 5.37. The molecule has 158 valence electrons. The topological polar surface area (TPSA) is 78.4 Å². The summed E-state index contributed by atoms with van der Waals surface area (Å²) in [6.07, 6.45) is 3.84. The van der Waals surface area contributed by atoms with Crippen LogP contribution >= 0.6 is 0 Å². The quantitative estimate of drug-likeness (QED) is 0.301. The average molecular weight is 407 g/mol. The summed E-state index contributed by atoms with van der Waals surface area (Å²) in [7, 11) is 0. The van der Waals surface area contributed by atoms with Gasteiger partial charge in [0, 0.05) is 24.0 Å². The monoisotopic (exact) mass is 406 g/mol. The van der Waals surface area contributed by atoms with Crippen LogP contribution in [0.4, 0.5) is 11.5 Å². The predicted molar refractivity (Wildman–Crippen MR) is 120 cm³/mol. The molecule has 0 radical (unpaired) electrons. The summed E-state index contributed by atoms with van der Waals surface area (Å²) in [4.78, 5) is 22.8. The van der Waals surface area contributed by atoms with E-state index in [1.807, 2.05) is 25.1 Å². The van der Waals surface area contributed by atoms with Crippen molar-refractivity contribution in [3.63, 3.8) is 0 Å². The van der Waals surface area contributed by atoms with Crippen LogP contribution in [0.5, 0.6) is 0 Å². The number of carbonyl (C=O) groups excluding carboxylic acids is 1. The molecule has 0 aliphatic carbocycles. The average Bonchev–Trinajstić information content (AvgIpc) is 2.77. The number of unbranched alkanes of at least 4 members (excludes halogenated alkanes) is 1. The summed E-state index contributed by atoms with van der Waals surface area (Å²) in [5.74, 6) is 1.35. The largest absolute Gasteiger partial charge is 0.326 e. The van der Waals surface area contributed by atoms with E-state index in [0.29, 0.717) is 6.42 Å². The Morgan fingerprint density at radius 3 is 2.60 bits per heavy atom. The van der Waals surface area contributed by atoms with Crippen molar-refractivity contribution in [2.24, 2.45) is 0 Å². The number of anilines is 2. The predicted octanol–water partition coefficient (Wildman–Crippen LogP) is 4.88. The third-order valence-electron chi connectivity index (χ3n) is 5.37. The van der Waals surface area contributed by atoms with E-state index in [0.717, 1.165) is 60.5 Å². The van der Waals surface area contributed by atoms with Gasteiger partial charge in [0.2, 0.25) is 5.91 Å². The molecule has 3 aromatic rings. The molecule has 0 aliphatic rings. The van der Waals surface area contributed by atoms with Crippen molar-refractivity contribution in [1.29, 1.82) is 0 Å². The molecule has 0 unspecified atom stereocenters. The van der Waals surface area contributed by atoms with Gasteiger partial charge in [-0.05, 0) is 74.9 Å². The first-order valence-corrected chi connectivity index (χ1v) is 10.6. The number of nitrogens with one attached hydrogen (secondary N) is 1. The van der Waals surface area contributed by atoms with Crippen molar-refractivity contribution < 1.29 is 10.0 Å². The van der Waals surface area contributed by atoms with Crippen molar-refractivity contribution in [1.82, 2.24) is 15.4 Å². The van der Waals surface area contributed by atoms with Gasteiger partial charge in [-0.3, -0.25) is 10.0 Å². The van der Waals surface area contributed by atoms with Crippen molar-refractivity contribution in [2.45, 2.75) is 52.9 Å². The highest BCUT2D eigenvalue weighted by Gasteiger charge is 2.15. The minimum atomic E-state index is -0.331. The van der Waals surface area contributed by atoms with E-state index in [4.69, 9.17) is 10.2 Å². The maximum Gasteiger partial charge on any atom is 0.243 e. The van der Waals surface area contributed by atoms with E-state index in [-0.39, 0.29) is 5.91 Å². The van der Waals surface area contributed by atoms with Crippen molar-refractivity contribution in [3.05, 3.63) is 59.4 Å². The number of nitrogens with zero attached hydrogens (tertiary/aromatic N) is 3. The third kappa shape index (κ3) is 4.94. The summed E-state index contributed by atoms with van der Waals surface area (Å²) in [6.45, 7) is 7.02. The summed E-state index contributed by atoms with van der Waals surface area (Å²) in [5.41, 5.74) is 6.38. The van der Waals surface area contributed by atoms with Crippen LogP contribution in [0, 0.1) is 6.92 Å². The number of carbonyl (C=O) groups is 1. The van der Waals surface area contributed by atoms with Crippen molar-refractivity contribution >= 4 is 28.3 Å². The fourth-order valence-electron chi connectivity index (χ4n) is 3.85. The molecule has 0 saturated heterocycles. The second kappa shape index (κ2) is 10.2. The van der Waals surface area contributed by atoms with E-state index in [9.17, 15) is 4.79 Å². The standard InChI is InChI=1S/C24H30N4O2/c1-4-18-14-15-20(16-19(18)10-6-9-13-23(29)27-30)28(5-2)24-21-11-7-8-12-22(21)25-17(3)26-24/h7-8,11-12,14-16,30H,4-6,9-10,13H2,1-3H3,(H,27,29). The number of aromatic nitrogens is 2. The van der Waals surface area contributed by atoms with Crippen LogP contribution in [0.3, 0.4) is 0 Å². The number of hydrogen-bond acceptors (Lipinski definition) is 5. The lowest BCUT2D eigenvalue weighted by Gasteiger charge is -2.25. The lowest BCUT2D eigenvalue weighted by atomic mass is 9.98. The zero-order chi connectivity index (χ0) is 21.5. The van der Waals surface area contributed by atoms with Crippen LogP contribution in [0.1, 0.15) is 50.1 Å². The van der Waals surface area contributed by atoms with Gasteiger partial charge in [-0.1, -0.05) is 25.1 Å². The van der Waals surface area contributed by atoms with Gasteiger partial charge >= 0.3 is 0 Å². The van der Waals surface area contributed by atoms with Gasteiger partial charge in [-0.25, -0.2) is 15.4 Å². The molecule has 1 aromatic heterocycles. The molecule has 0 saturated carbocycles. The Morgan fingerprint density at radius 1 is 1.07 bits per heavy atom. The number of hydrogen-bond donors (Lipinski definition) is 2. The van der Waals surface area contributed by atoms with Crippen LogP contribution in [0.25, 0.3) is 10.9 Å². The second-order valence-corrected chi connectivity index (χ2v) is 7.40. The van der Waals surface area contributed by atoms with Crippen LogP contribution in [0.2, 0.25) is 0 Å². The van der Waals surface area contributed by atoms with Gasteiger partial charge in [0.25, 0.3) is 0 Å². The first-order valence-electron chi connectivity index (χ1n) is 10.6. The number of amides is 1. The van der Waals surface area contributed by atoms with Crippen molar-refractivity contribution in [3.8, 4) is 0 Å². The van der Waals surface area contributed by atoms with E-state index in [1.54, 1.807) is 5.48 Å². The molecule has 6 heteroatoms. The zero-order valence-electron chi connectivity index (χ0n) is 18.0. The molecule has 1 heterocycles. The van der Waals surface area contributed by atoms with E-state index in [2.05, 4.69) is 48.0 Å². The van der Waals surface area contributed by atoms with Crippen LogP contribution in [-0.2, 0) is 17.6 Å². The highest BCUT2D eigenvalue weighted by molar-refractivity contribution is 5.91. The number of aryl methyl sites for hydroxylation is 3. The smallest absolute Gasteiger partial charge is 0.243 e. The fraction of sp³-hybridized carbons (Fsp3) is 0.375. The molecule has 0 bridgehead atoms. The van der Waals surface area contributed by atoms with Crippen LogP contribution in [0.15, 0.2) is 42.5 Å². The Bertz CT molecular complexity index is 1020. The lowest BCUT2D eigenvalue weighted by Crippen LogP contribution is -2.19. The minimum absolute atomic E-state index is 0.331. The molecule has 30 heavy (non-hydrogen) atoms. The highest BCUT2D eigenvalue weighted by atomic mass is 16.5. The van der Waals surface area contributed by atoms with Gasteiger partial charge in [-0.2, -0.15) is 0 Å². The van der Waals surface area contributed by atoms with E-state index >= 15 is 0 Å². The van der Waals surface area contributed by atoms with Crippen molar-refractivity contribution in [2.75, 3.05) is 11.4 Å². The molecule has 0 spiro atoms. The normalized spacial score (nSPS) is 10.9. The van der Waals surface area contributed by atoms with Crippen LogP contribution in [-0.4, -0.2) is 27.6 Å². The Balaban J connectivity index is 1.91. The number of rotatable bonds is 9. The van der Waals surface area contributed by atoms with Gasteiger partial charge in [-0.15, -0.1) is 0 Å². The Kier molecular flexibility index (Phi) is 7.36. The van der Waals surface area contributed by atoms with Gasteiger partial charge in [0.1, 0.15) is 11.6 Å². The van der Waals surface area contributed by atoms with Gasteiger partial charge in [0.05, 0.1) is 5.52 Å². The molecule has 0 aliphatic heterocycles. The number of para-hydroxylation sites is 1. The number of fused-ring (bicyclic) bond motifs is 1. The summed E-state index contributed by atoms with van der Waals surface area (Å²) < 4.78 is 0. The first-order chi connectivity index (χ1) is 14.6. The van der Waals surface area contributed by atoms with Gasteiger partial charge in [0.15, 0.2) is 0 Å². The molecular formula is C24H30N4O2. The molecule has 0 atom stereocenters. The summed E-state index contributed by atoms with van der Waals surface area (Å²) in [5, 5.41) is 9.69. The molecule has 2 aromatic carbocycles. The second-order valence-electron chi connectivity index (χ2n) is 7.40. The Hall–Kier alpha value is -2.99. The molecule has 1 amide bonds. The fourth-order valence-corrected chi connectivity index (χ4v) is 3.85. The lowest BCUT2D eigenvalue weighted by molar-refractivity contribution is -0.129. The maximum absolute atomic E-state index is 11.2. The highest BCUT2D eigenvalue weighted by Crippen LogP contribution is 2.31. The van der Waals surface area contributed by atoms with E-state index < -0.39 is 0 Å². The SMILES string of the molecule is CCc1ccc(N(CC)c2nc(C)nc3ccccc23)cc1CCCCC(=O)NO.